The summed E-state index contributed by atoms with van der Waals surface area (Å²) in [6, 6.07) is 10.5. The van der Waals surface area contributed by atoms with Gasteiger partial charge in [-0.05, 0) is 30.3 Å². The minimum atomic E-state index is -3.01. The zero-order valence-electron chi connectivity index (χ0n) is 13.1. The Morgan fingerprint density at radius 2 is 2.00 bits per heavy atom. The molecule has 1 atom stereocenters. The number of hydrogen-bond donors (Lipinski definition) is 1. The Kier molecular flexibility index (Phi) is 6.81. The predicted molar refractivity (Wildman–Crippen MR) is 92.7 cm³/mol. The van der Waals surface area contributed by atoms with Crippen molar-refractivity contribution in [3.05, 3.63) is 70.0 Å². The van der Waals surface area contributed by atoms with E-state index in [1.807, 2.05) is 0 Å². The van der Waals surface area contributed by atoms with E-state index >= 15 is 0 Å². The molecule has 26 heavy (non-hydrogen) atoms. The summed E-state index contributed by atoms with van der Waals surface area (Å²) < 4.78 is 43.6. The largest absolute Gasteiger partial charge is 0.434 e. The number of nitriles is 1. The van der Waals surface area contributed by atoms with Crippen molar-refractivity contribution in [2.24, 2.45) is 0 Å². The molecule has 134 valence electrons. The van der Waals surface area contributed by atoms with Gasteiger partial charge in [0, 0.05) is 21.7 Å². The van der Waals surface area contributed by atoms with E-state index in [0.717, 1.165) is 6.08 Å². The maximum atomic E-state index is 13.7. The number of benzene rings is 2. The van der Waals surface area contributed by atoms with Gasteiger partial charge in [0.15, 0.2) is 0 Å². The molecule has 0 spiro atoms. The summed E-state index contributed by atoms with van der Waals surface area (Å²) in [5.41, 5.74) is 0.259. The lowest BCUT2D eigenvalue weighted by molar-refractivity contribution is -0.116. The van der Waals surface area contributed by atoms with Gasteiger partial charge in [0.1, 0.15) is 17.6 Å². The van der Waals surface area contributed by atoms with E-state index < -0.39 is 24.4 Å². The summed E-state index contributed by atoms with van der Waals surface area (Å²) >= 11 is 3.20. The normalized spacial score (nSPS) is 12.0. The average molecular weight is 425 g/mol. The number of rotatable bonds is 6. The van der Waals surface area contributed by atoms with Gasteiger partial charge in [0.2, 0.25) is 5.91 Å². The molecule has 0 fully saturated rings. The Bertz CT molecular complexity index is 866. The maximum absolute atomic E-state index is 13.7. The Labute approximate surface area is 156 Å². The highest BCUT2D eigenvalue weighted by Crippen LogP contribution is 2.26. The van der Waals surface area contributed by atoms with Crippen molar-refractivity contribution in [2.45, 2.75) is 12.7 Å². The molecule has 8 heteroatoms. The highest BCUT2D eigenvalue weighted by Gasteiger charge is 2.16. The Balaban J connectivity index is 2.16. The molecule has 1 amide bonds. The summed E-state index contributed by atoms with van der Waals surface area (Å²) in [6.07, 6.45) is 2.30. The van der Waals surface area contributed by atoms with Crippen molar-refractivity contribution in [1.29, 1.82) is 5.26 Å². The number of nitrogens with zero attached hydrogens (tertiary/aromatic N) is 1. The van der Waals surface area contributed by atoms with Crippen LogP contribution in [-0.2, 0) is 4.79 Å². The molecule has 0 saturated carbocycles. The number of carbonyl (C=O) groups excluding carboxylic acids is 1. The van der Waals surface area contributed by atoms with Crippen molar-refractivity contribution < 1.29 is 22.7 Å². The van der Waals surface area contributed by atoms with Gasteiger partial charge in [0.05, 0.1) is 6.07 Å². The Morgan fingerprint density at radius 3 is 2.65 bits per heavy atom. The van der Waals surface area contributed by atoms with Crippen LogP contribution in [0.5, 0.6) is 5.75 Å². The molecule has 2 aromatic rings. The molecule has 4 nitrogen and oxygen atoms in total. The van der Waals surface area contributed by atoms with E-state index in [1.165, 1.54) is 42.5 Å². The first-order valence-electron chi connectivity index (χ1n) is 7.27. The van der Waals surface area contributed by atoms with Crippen molar-refractivity contribution >= 4 is 27.9 Å². The van der Waals surface area contributed by atoms with E-state index in [0.29, 0.717) is 4.47 Å². The van der Waals surface area contributed by atoms with Gasteiger partial charge >= 0.3 is 6.61 Å². The first-order valence-corrected chi connectivity index (χ1v) is 8.07. The minimum Gasteiger partial charge on any atom is -0.434 e. The smallest absolute Gasteiger partial charge is 0.387 e. The molecule has 0 radical (unpaired) electrons. The van der Waals surface area contributed by atoms with Gasteiger partial charge in [-0.1, -0.05) is 34.1 Å². The van der Waals surface area contributed by atoms with Gasteiger partial charge in [-0.25, -0.2) is 4.39 Å². The summed E-state index contributed by atoms with van der Waals surface area (Å²) in [5.74, 6) is -1.43. The molecular weight excluding hydrogens is 413 g/mol. The van der Waals surface area contributed by atoms with Crippen LogP contribution in [0.4, 0.5) is 13.2 Å². The third-order valence-electron chi connectivity index (χ3n) is 3.23. The maximum Gasteiger partial charge on any atom is 0.387 e. The van der Waals surface area contributed by atoms with Crippen molar-refractivity contribution in [3.8, 4) is 11.8 Å². The summed E-state index contributed by atoms with van der Waals surface area (Å²) in [6.45, 7) is -3.01. The number of amides is 1. The third kappa shape index (κ3) is 5.36. The monoisotopic (exact) mass is 424 g/mol. The van der Waals surface area contributed by atoms with E-state index in [1.54, 1.807) is 12.1 Å². The molecule has 0 bridgehead atoms. The zero-order chi connectivity index (χ0) is 19.1. The van der Waals surface area contributed by atoms with Gasteiger partial charge in [-0.2, -0.15) is 14.0 Å². The van der Waals surface area contributed by atoms with Crippen molar-refractivity contribution in [2.75, 3.05) is 0 Å². The number of carbonyl (C=O) groups is 1. The highest BCUT2D eigenvalue weighted by atomic mass is 79.9. The fraction of sp³-hybridized carbons (Fsp3) is 0.111. The molecule has 0 aliphatic heterocycles. The number of ether oxygens (including phenoxy) is 1. The zero-order valence-corrected chi connectivity index (χ0v) is 14.7. The van der Waals surface area contributed by atoms with Gasteiger partial charge in [-0.3, -0.25) is 4.79 Å². The lowest BCUT2D eigenvalue weighted by Crippen LogP contribution is -2.26. The average Bonchev–Trinajstić information content (AvgIpc) is 2.60. The minimum absolute atomic E-state index is 0.0286. The van der Waals surface area contributed by atoms with Crippen LogP contribution < -0.4 is 10.1 Å². The first kappa shape index (κ1) is 19.5. The van der Waals surface area contributed by atoms with Crippen LogP contribution >= 0.6 is 15.9 Å². The molecule has 2 aromatic carbocycles. The van der Waals surface area contributed by atoms with Crippen LogP contribution in [0.3, 0.4) is 0 Å². The fourth-order valence-electron chi connectivity index (χ4n) is 2.10. The molecule has 0 aromatic heterocycles. The summed E-state index contributed by atoms with van der Waals surface area (Å²) in [5, 5.41) is 11.5. The number of nitrogens with one attached hydrogen (secondary N) is 1. The fourth-order valence-corrected chi connectivity index (χ4v) is 2.48. The van der Waals surface area contributed by atoms with Gasteiger partial charge < -0.3 is 10.1 Å². The molecule has 0 heterocycles. The lowest BCUT2D eigenvalue weighted by atomic mass is 10.1. The molecule has 0 saturated heterocycles. The predicted octanol–water partition coefficient (Wildman–Crippen LogP) is 4.58. The second-order valence-electron chi connectivity index (χ2n) is 4.99. The highest BCUT2D eigenvalue weighted by molar-refractivity contribution is 9.10. The lowest BCUT2D eigenvalue weighted by Gasteiger charge is -2.11. The molecule has 2 rings (SSSR count). The Morgan fingerprint density at radius 1 is 1.27 bits per heavy atom. The van der Waals surface area contributed by atoms with Crippen molar-refractivity contribution in [1.82, 2.24) is 5.32 Å². The number of halogens is 4. The van der Waals surface area contributed by atoms with Crippen LogP contribution in [0.2, 0.25) is 0 Å². The van der Waals surface area contributed by atoms with E-state index in [2.05, 4.69) is 26.0 Å². The van der Waals surface area contributed by atoms with E-state index in [4.69, 9.17) is 5.26 Å². The summed E-state index contributed by atoms with van der Waals surface area (Å²) in [7, 11) is 0. The van der Waals surface area contributed by atoms with Crippen LogP contribution in [0.15, 0.2) is 53.0 Å². The Hall–Kier alpha value is -2.79. The van der Waals surface area contributed by atoms with E-state index in [9.17, 15) is 18.0 Å². The van der Waals surface area contributed by atoms with Gasteiger partial charge in [0.25, 0.3) is 0 Å². The van der Waals surface area contributed by atoms with Crippen LogP contribution in [0.1, 0.15) is 17.2 Å². The summed E-state index contributed by atoms with van der Waals surface area (Å²) in [4.78, 5) is 12.0. The van der Waals surface area contributed by atoms with E-state index in [-0.39, 0.29) is 16.9 Å². The SMILES string of the molecule is N#CC(NC(=O)/C=C/c1cc(Br)ccc1OC(F)F)c1ccccc1F. The number of hydrogen-bond acceptors (Lipinski definition) is 3. The molecule has 1 N–H and O–H groups in total. The second kappa shape index (κ2) is 9.06. The van der Waals surface area contributed by atoms with Crippen molar-refractivity contribution in [3.63, 3.8) is 0 Å². The molecular formula is C18H12BrF3N2O2. The van der Waals surface area contributed by atoms with Gasteiger partial charge in [-0.15, -0.1) is 0 Å². The molecule has 1 unspecified atom stereocenters. The topological polar surface area (TPSA) is 62.1 Å². The van der Waals surface area contributed by atoms with Crippen LogP contribution in [0, 0.1) is 17.1 Å². The standard InChI is InChI=1S/C18H12BrF3N2O2/c19-12-6-7-16(26-18(21)22)11(9-12)5-8-17(25)24-15(10-23)13-3-1-2-4-14(13)20/h1-9,15,18H,(H,24,25)/b8-5+. The quantitative estimate of drug-likeness (QED) is 0.690. The molecule has 0 aliphatic carbocycles. The van der Waals surface area contributed by atoms with Crippen LogP contribution in [-0.4, -0.2) is 12.5 Å². The first-order chi connectivity index (χ1) is 12.4. The second-order valence-corrected chi connectivity index (χ2v) is 5.90. The van der Waals surface area contributed by atoms with Crippen LogP contribution in [0.25, 0.3) is 6.08 Å². The molecule has 0 aliphatic rings. The number of alkyl halides is 2. The third-order valence-corrected chi connectivity index (χ3v) is 3.73.